The number of carboxylic acid groups (broad SMARTS) is 1. The summed E-state index contributed by atoms with van der Waals surface area (Å²) in [5.41, 5.74) is 0.509. The molecule has 1 rings (SSSR count). The molecule has 0 aromatic carbocycles. The van der Waals surface area contributed by atoms with E-state index in [-0.39, 0.29) is 19.1 Å². The molecule has 0 fully saturated rings. The maximum Gasteiger partial charge on any atom is 0.325 e. The topological polar surface area (TPSA) is 100 Å². The number of urea groups is 1. The van der Waals surface area contributed by atoms with Crippen molar-refractivity contribution in [2.45, 2.75) is 26.4 Å². The van der Waals surface area contributed by atoms with Gasteiger partial charge in [0.25, 0.3) is 0 Å². The van der Waals surface area contributed by atoms with Gasteiger partial charge in [-0.2, -0.15) is 0 Å². The predicted octanol–water partition coefficient (Wildman–Crippen LogP) is 0.470. The van der Waals surface area contributed by atoms with Crippen molar-refractivity contribution in [2.75, 3.05) is 13.1 Å². The van der Waals surface area contributed by atoms with E-state index in [4.69, 9.17) is 5.11 Å². The number of hydrogen-bond acceptors (Lipinski definition) is 4. The summed E-state index contributed by atoms with van der Waals surface area (Å²) in [6.07, 6.45) is 4.01. The third kappa shape index (κ3) is 5.09. The first kappa shape index (κ1) is 15.7. The molecule has 20 heavy (non-hydrogen) atoms. The van der Waals surface area contributed by atoms with Crippen LogP contribution in [0.1, 0.15) is 19.0 Å². The monoisotopic (exact) mass is 281 g/mol. The summed E-state index contributed by atoms with van der Waals surface area (Å²) < 4.78 is 1.21. The average molecular weight is 281 g/mol. The minimum atomic E-state index is -0.995. The molecule has 2 N–H and O–H groups in total. The third-order valence-corrected chi connectivity index (χ3v) is 2.43. The molecule has 0 aliphatic rings. The molecule has 1 aromatic rings. The molecular weight excluding hydrogens is 262 g/mol. The maximum atomic E-state index is 11.9. The number of hydrogen-bond donors (Lipinski definition) is 2. The van der Waals surface area contributed by atoms with Crippen LogP contribution in [-0.4, -0.2) is 50.1 Å². The van der Waals surface area contributed by atoms with Gasteiger partial charge in [-0.3, -0.25) is 4.79 Å². The van der Waals surface area contributed by atoms with Crippen molar-refractivity contribution in [3.8, 4) is 0 Å². The summed E-state index contributed by atoms with van der Waals surface area (Å²) in [5, 5.41) is 18.8. The van der Waals surface area contributed by atoms with E-state index in [1.54, 1.807) is 11.0 Å². The first-order chi connectivity index (χ1) is 9.56. The van der Waals surface area contributed by atoms with Crippen molar-refractivity contribution in [3.05, 3.63) is 24.5 Å². The van der Waals surface area contributed by atoms with Gasteiger partial charge in [0.05, 0.1) is 12.7 Å². The molecule has 0 saturated heterocycles. The Morgan fingerprint density at radius 1 is 1.60 bits per heavy atom. The number of carboxylic acids is 1. The Kier molecular flexibility index (Phi) is 6.21. The van der Waals surface area contributed by atoms with Crippen LogP contribution in [0.4, 0.5) is 4.79 Å². The molecule has 110 valence electrons. The Morgan fingerprint density at radius 2 is 2.35 bits per heavy atom. The quantitative estimate of drug-likeness (QED) is 0.675. The van der Waals surface area contributed by atoms with E-state index in [1.165, 1.54) is 10.9 Å². The van der Waals surface area contributed by atoms with E-state index in [1.807, 2.05) is 6.92 Å². The molecule has 1 heterocycles. The number of aromatic nitrogens is 3. The Balaban J connectivity index is 2.48. The van der Waals surface area contributed by atoms with Gasteiger partial charge in [0.2, 0.25) is 0 Å². The number of rotatable bonds is 8. The lowest BCUT2D eigenvalue weighted by atomic mass is 10.4. The van der Waals surface area contributed by atoms with Crippen LogP contribution in [0.25, 0.3) is 0 Å². The molecule has 0 radical (unpaired) electrons. The highest BCUT2D eigenvalue weighted by Gasteiger charge is 2.11. The number of carbonyl (C=O) groups is 2. The lowest BCUT2D eigenvalue weighted by molar-refractivity contribution is -0.137. The lowest BCUT2D eigenvalue weighted by Crippen LogP contribution is -2.40. The fraction of sp³-hybridized carbons (Fsp3) is 0.500. The molecule has 0 bridgehead atoms. The second kappa shape index (κ2) is 7.93. The Labute approximate surface area is 117 Å². The van der Waals surface area contributed by atoms with Crippen LogP contribution in [0.2, 0.25) is 0 Å². The lowest BCUT2D eigenvalue weighted by Gasteiger charge is -2.20. The Morgan fingerprint density at radius 3 is 2.95 bits per heavy atom. The van der Waals surface area contributed by atoms with Crippen LogP contribution in [0.3, 0.4) is 0 Å². The minimum absolute atomic E-state index is 0.204. The Bertz CT molecular complexity index is 471. The van der Waals surface area contributed by atoms with Crippen molar-refractivity contribution in [1.82, 2.24) is 25.2 Å². The van der Waals surface area contributed by atoms with E-state index in [9.17, 15) is 9.59 Å². The molecule has 8 nitrogen and oxygen atoms in total. The van der Waals surface area contributed by atoms with Gasteiger partial charge in [0.15, 0.2) is 0 Å². The fourth-order valence-electron chi connectivity index (χ4n) is 1.61. The highest BCUT2D eigenvalue weighted by molar-refractivity contribution is 5.74. The summed E-state index contributed by atoms with van der Waals surface area (Å²) >= 11 is 0. The summed E-state index contributed by atoms with van der Waals surface area (Å²) in [5.74, 6) is -0.995. The zero-order chi connectivity index (χ0) is 15.0. The largest absolute Gasteiger partial charge is 0.480 e. The number of amides is 2. The third-order valence-electron chi connectivity index (χ3n) is 2.43. The normalized spacial score (nSPS) is 10.1. The van der Waals surface area contributed by atoms with E-state index < -0.39 is 5.97 Å². The second-order valence-corrected chi connectivity index (χ2v) is 4.19. The zero-order valence-corrected chi connectivity index (χ0v) is 11.4. The Hall–Kier alpha value is -2.38. The number of nitrogens with one attached hydrogen (secondary N) is 1. The molecular formula is C12H19N5O3. The van der Waals surface area contributed by atoms with Crippen LogP contribution >= 0.6 is 0 Å². The molecule has 2 amide bonds. The van der Waals surface area contributed by atoms with Gasteiger partial charge in [-0.05, 0) is 6.42 Å². The molecule has 0 aliphatic heterocycles. The first-order valence-electron chi connectivity index (χ1n) is 6.31. The highest BCUT2D eigenvalue weighted by atomic mass is 16.4. The van der Waals surface area contributed by atoms with Gasteiger partial charge >= 0.3 is 12.0 Å². The fourth-order valence-corrected chi connectivity index (χ4v) is 1.61. The first-order valence-corrected chi connectivity index (χ1v) is 6.31. The number of nitrogens with zero attached hydrogens (tertiary/aromatic N) is 4. The van der Waals surface area contributed by atoms with Crippen molar-refractivity contribution in [1.29, 1.82) is 0 Å². The van der Waals surface area contributed by atoms with Crippen LogP contribution in [0.5, 0.6) is 0 Å². The smallest absolute Gasteiger partial charge is 0.325 e. The number of aliphatic carboxylic acids is 1. The summed E-state index contributed by atoms with van der Waals surface area (Å²) in [7, 11) is 0. The highest BCUT2D eigenvalue weighted by Crippen LogP contribution is 1.96. The van der Waals surface area contributed by atoms with Gasteiger partial charge in [-0.1, -0.05) is 18.2 Å². The van der Waals surface area contributed by atoms with E-state index >= 15 is 0 Å². The van der Waals surface area contributed by atoms with Crippen molar-refractivity contribution in [3.63, 3.8) is 0 Å². The van der Waals surface area contributed by atoms with Gasteiger partial charge in [0, 0.05) is 13.1 Å². The van der Waals surface area contributed by atoms with Gasteiger partial charge in [0.1, 0.15) is 12.2 Å². The van der Waals surface area contributed by atoms with Crippen LogP contribution < -0.4 is 5.32 Å². The van der Waals surface area contributed by atoms with Crippen molar-refractivity contribution < 1.29 is 14.7 Å². The predicted molar refractivity (Wildman–Crippen MR) is 72.0 cm³/mol. The number of carbonyl (C=O) groups excluding carboxylic acids is 1. The molecule has 0 unspecified atom stereocenters. The summed E-state index contributed by atoms with van der Waals surface area (Å²) in [4.78, 5) is 24.0. The van der Waals surface area contributed by atoms with Gasteiger partial charge < -0.3 is 15.3 Å². The molecule has 1 aromatic heterocycles. The zero-order valence-electron chi connectivity index (χ0n) is 11.4. The minimum Gasteiger partial charge on any atom is -0.480 e. The van der Waals surface area contributed by atoms with E-state index in [0.717, 1.165) is 6.42 Å². The van der Waals surface area contributed by atoms with Gasteiger partial charge in [-0.25, -0.2) is 9.48 Å². The van der Waals surface area contributed by atoms with Crippen LogP contribution in [0.15, 0.2) is 18.9 Å². The maximum absolute atomic E-state index is 11.9. The standard InChI is InChI=1S/C12H19N5O3/c1-3-5-16(6-4-2)12(20)13-7-10-8-17(15-14-10)9-11(18)19/h3,8H,1,4-7,9H2,2H3,(H,13,20)(H,18,19). The van der Waals surface area contributed by atoms with Crippen molar-refractivity contribution >= 4 is 12.0 Å². The van der Waals surface area contributed by atoms with E-state index in [0.29, 0.717) is 18.8 Å². The SMILES string of the molecule is C=CCN(CCC)C(=O)NCc1cn(CC(=O)O)nn1. The summed E-state index contributed by atoms with van der Waals surface area (Å²) in [6, 6.07) is -0.209. The molecule has 8 heteroatoms. The van der Waals surface area contributed by atoms with Crippen LogP contribution in [-0.2, 0) is 17.9 Å². The van der Waals surface area contributed by atoms with Crippen LogP contribution in [0, 0.1) is 0 Å². The average Bonchev–Trinajstić information content (AvgIpc) is 2.82. The second-order valence-electron chi connectivity index (χ2n) is 4.19. The van der Waals surface area contributed by atoms with Crippen molar-refractivity contribution in [2.24, 2.45) is 0 Å². The van der Waals surface area contributed by atoms with Gasteiger partial charge in [-0.15, -0.1) is 11.7 Å². The molecule has 0 aliphatic carbocycles. The summed E-state index contributed by atoms with van der Waals surface area (Å²) in [6.45, 7) is 6.67. The molecule has 0 saturated carbocycles. The van der Waals surface area contributed by atoms with E-state index in [2.05, 4.69) is 22.2 Å². The molecule has 0 atom stereocenters. The molecule has 0 spiro atoms.